The molecule has 1 fully saturated rings. The van der Waals surface area contributed by atoms with Crippen LogP contribution in [0.15, 0.2) is 24.3 Å². The first-order valence-corrected chi connectivity index (χ1v) is 5.57. The molecule has 2 rings (SSSR count). The largest absolute Gasteiger partial charge is 0.355 e. The third-order valence-electron chi connectivity index (χ3n) is 3.06. The second-order valence-electron chi connectivity index (χ2n) is 4.83. The molecule has 0 spiro atoms. The van der Waals surface area contributed by atoms with E-state index < -0.39 is 0 Å². The Bertz CT molecular complexity index is 470. The van der Waals surface area contributed by atoms with Crippen molar-refractivity contribution >= 4 is 11.6 Å². The molecule has 88 valence electrons. The van der Waals surface area contributed by atoms with Crippen molar-refractivity contribution in [3.05, 3.63) is 29.8 Å². The van der Waals surface area contributed by atoms with Crippen LogP contribution in [-0.4, -0.2) is 24.5 Å². The smallest absolute Gasteiger partial charge is 0.239 e. The van der Waals surface area contributed by atoms with Gasteiger partial charge in [-0.1, -0.05) is 0 Å². The molecule has 1 aromatic rings. The Morgan fingerprint density at radius 3 is 2.59 bits per heavy atom. The third-order valence-corrected chi connectivity index (χ3v) is 3.06. The molecule has 4 heteroatoms. The number of carbonyl (C=O) groups is 1. The number of nitriles is 1. The van der Waals surface area contributed by atoms with Gasteiger partial charge in [0.2, 0.25) is 5.91 Å². The van der Waals surface area contributed by atoms with Gasteiger partial charge in [0.15, 0.2) is 0 Å². The maximum Gasteiger partial charge on any atom is 0.239 e. The zero-order chi connectivity index (χ0) is 12.5. The van der Waals surface area contributed by atoms with E-state index in [1.54, 1.807) is 12.1 Å². The van der Waals surface area contributed by atoms with Crippen LogP contribution in [0.4, 0.5) is 5.69 Å². The van der Waals surface area contributed by atoms with Crippen LogP contribution < -0.4 is 10.2 Å². The molecule has 4 nitrogen and oxygen atoms in total. The van der Waals surface area contributed by atoms with Gasteiger partial charge in [0.1, 0.15) is 0 Å². The molecule has 0 aromatic heterocycles. The van der Waals surface area contributed by atoms with Gasteiger partial charge in [-0.25, -0.2) is 0 Å². The molecule has 0 radical (unpaired) electrons. The van der Waals surface area contributed by atoms with Crippen LogP contribution in [0.5, 0.6) is 0 Å². The van der Waals surface area contributed by atoms with Crippen LogP contribution in [0, 0.1) is 11.3 Å². The van der Waals surface area contributed by atoms with Gasteiger partial charge >= 0.3 is 0 Å². The molecule has 1 aromatic carbocycles. The first kappa shape index (κ1) is 11.5. The number of rotatable bonds is 1. The minimum absolute atomic E-state index is 0.0358. The topological polar surface area (TPSA) is 56.1 Å². The summed E-state index contributed by atoms with van der Waals surface area (Å²) in [6.45, 7) is 5.17. The molecular weight excluding hydrogens is 214 g/mol. The van der Waals surface area contributed by atoms with Crippen LogP contribution in [0.3, 0.4) is 0 Å². The molecule has 0 saturated carbocycles. The molecule has 17 heavy (non-hydrogen) atoms. The predicted octanol–water partition coefficient (Wildman–Crippen LogP) is 1.27. The zero-order valence-corrected chi connectivity index (χ0v) is 10.0. The summed E-state index contributed by atoms with van der Waals surface area (Å²) >= 11 is 0. The van der Waals surface area contributed by atoms with Gasteiger partial charge < -0.3 is 10.2 Å². The number of benzene rings is 1. The summed E-state index contributed by atoms with van der Waals surface area (Å²) < 4.78 is 0. The minimum atomic E-state index is -0.109. The number of hydrogen-bond acceptors (Lipinski definition) is 3. The molecular formula is C13H15N3O. The fourth-order valence-corrected chi connectivity index (χ4v) is 1.98. The molecule has 1 heterocycles. The Kier molecular flexibility index (Phi) is 2.76. The monoisotopic (exact) mass is 229 g/mol. The van der Waals surface area contributed by atoms with Crippen LogP contribution in [0.25, 0.3) is 0 Å². The molecule has 1 aliphatic heterocycles. The zero-order valence-electron chi connectivity index (χ0n) is 10.0. The highest BCUT2D eigenvalue weighted by Gasteiger charge is 2.33. The molecule has 0 aliphatic carbocycles. The highest BCUT2D eigenvalue weighted by molar-refractivity contribution is 5.83. The van der Waals surface area contributed by atoms with Crippen molar-refractivity contribution in [3.63, 3.8) is 0 Å². The SMILES string of the molecule is CC1(C)CNC(=O)CN1c1ccc(C#N)cc1. The van der Waals surface area contributed by atoms with E-state index in [-0.39, 0.29) is 11.4 Å². The number of nitrogens with one attached hydrogen (secondary N) is 1. The van der Waals surface area contributed by atoms with E-state index in [9.17, 15) is 4.79 Å². The van der Waals surface area contributed by atoms with Crippen LogP contribution in [0.1, 0.15) is 19.4 Å². The van der Waals surface area contributed by atoms with Crippen LogP contribution >= 0.6 is 0 Å². The van der Waals surface area contributed by atoms with E-state index >= 15 is 0 Å². The van der Waals surface area contributed by atoms with Crippen molar-refractivity contribution in [2.45, 2.75) is 19.4 Å². The quantitative estimate of drug-likeness (QED) is 0.789. The van der Waals surface area contributed by atoms with Crippen LogP contribution in [0.2, 0.25) is 0 Å². The van der Waals surface area contributed by atoms with Crippen LogP contribution in [-0.2, 0) is 4.79 Å². The summed E-state index contributed by atoms with van der Waals surface area (Å²) in [5.74, 6) is 0.0358. The van der Waals surface area contributed by atoms with Gasteiger partial charge in [-0.3, -0.25) is 4.79 Å². The molecule has 1 aliphatic rings. The van der Waals surface area contributed by atoms with Crippen molar-refractivity contribution in [1.82, 2.24) is 5.32 Å². The molecule has 1 saturated heterocycles. The lowest BCUT2D eigenvalue weighted by atomic mass is 9.98. The van der Waals surface area contributed by atoms with Gasteiger partial charge in [-0.05, 0) is 38.1 Å². The molecule has 0 atom stereocenters. The molecule has 0 unspecified atom stereocenters. The van der Waals surface area contributed by atoms with E-state index in [0.29, 0.717) is 18.7 Å². The highest BCUT2D eigenvalue weighted by Crippen LogP contribution is 2.25. The number of anilines is 1. The van der Waals surface area contributed by atoms with Gasteiger partial charge in [0.25, 0.3) is 0 Å². The second-order valence-corrected chi connectivity index (χ2v) is 4.83. The highest BCUT2D eigenvalue weighted by atomic mass is 16.2. The average Bonchev–Trinajstić information content (AvgIpc) is 2.33. The van der Waals surface area contributed by atoms with Gasteiger partial charge in [0, 0.05) is 12.2 Å². The maximum atomic E-state index is 11.5. The summed E-state index contributed by atoms with van der Waals surface area (Å²) in [6.07, 6.45) is 0. The molecule has 0 bridgehead atoms. The lowest BCUT2D eigenvalue weighted by Crippen LogP contribution is -2.60. The number of amides is 1. The van der Waals surface area contributed by atoms with E-state index in [0.717, 1.165) is 5.69 Å². The maximum absolute atomic E-state index is 11.5. The van der Waals surface area contributed by atoms with E-state index in [4.69, 9.17) is 5.26 Å². The lowest BCUT2D eigenvalue weighted by Gasteiger charge is -2.43. The Morgan fingerprint density at radius 2 is 2.00 bits per heavy atom. The van der Waals surface area contributed by atoms with Gasteiger partial charge in [0.05, 0.1) is 23.7 Å². The standard InChI is InChI=1S/C13H15N3O/c1-13(2)9-15-12(17)8-16(13)11-5-3-10(7-14)4-6-11/h3-6H,8-9H2,1-2H3,(H,15,17). The number of piperazine rings is 1. The normalized spacial score (nSPS) is 18.4. The van der Waals surface area contributed by atoms with Crippen molar-refractivity contribution in [1.29, 1.82) is 5.26 Å². The van der Waals surface area contributed by atoms with Crippen molar-refractivity contribution in [2.75, 3.05) is 18.0 Å². The Hall–Kier alpha value is -2.02. The number of nitrogens with zero attached hydrogens (tertiary/aromatic N) is 2. The van der Waals surface area contributed by atoms with Gasteiger partial charge in [-0.15, -0.1) is 0 Å². The fraction of sp³-hybridized carbons (Fsp3) is 0.385. The average molecular weight is 229 g/mol. The van der Waals surface area contributed by atoms with Gasteiger partial charge in [-0.2, -0.15) is 5.26 Å². The van der Waals surface area contributed by atoms with Crippen molar-refractivity contribution in [3.8, 4) is 6.07 Å². The Morgan fingerprint density at radius 1 is 1.35 bits per heavy atom. The molecule has 1 N–H and O–H groups in total. The summed E-state index contributed by atoms with van der Waals surface area (Å²) in [5.41, 5.74) is 1.50. The van der Waals surface area contributed by atoms with E-state index in [1.165, 1.54) is 0 Å². The number of carbonyl (C=O) groups excluding carboxylic acids is 1. The Balaban J connectivity index is 2.30. The molecule has 1 amide bonds. The summed E-state index contributed by atoms with van der Waals surface area (Å²) in [5, 5.41) is 11.6. The van der Waals surface area contributed by atoms with Crippen molar-refractivity contribution < 1.29 is 4.79 Å². The minimum Gasteiger partial charge on any atom is -0.355 e. The third kappa shape index (κ3) is 2.23. The fourth-order valence-electron chi connectivity index (χ4n) is 1.98. The first-order chi connectivity index (χ1) is 8.03. The lowest BCUT2D eigenvalue weighted by molar-refractivity contribution is -0.121. The predicted molar refractivity (Wildman–Crippen MR) is 65.6 cm³/mol. The summed E-state index contributed by atoms with van der Waals surface area (Å²) in [6, 6.07) is 9.42. The van der Waals surface area contributed by atoms with E-state index in [2.05, 4.69) is 30.1 Å². The number of hydrogen-bond donors (Lipinski definition) is 1. The van der Waals surface area contributed by atoms with Crippen molar-refractivity contribution in [2.24, 2.45) is 0 Å². The Labute approximate surface area is 101 Å². The first-order valence-electron chi connectivity index (χ1n) is 5.57. The summed E-state index contributed by atoms with van der Waals surface area (Å²) in [4.78, 5) is 13.5. The van der Waals surface area contributed by atoms with E-state index in [1.807, 2.05) is 12.1 Å². The second kappa shape index (κ2) is 4.10. The summed E-state index contributed by atoms with van der Waals surface area (Å²) in [7, 11) is 0.